The maximum Gasteiger partial charge on any atom is 0.269 e. The molecule has 1 N–H and O–H groups in total. The van der Waals surface area contributed by atoms with Gasteiger partial charge in [0.1, 0.15) is 12.6 Å². The molecule has 0 fully saturated rings. The number of halogens is 1. The van der Waals surface area contributed by atoms with Crippen LogP contribution in [-0.2, 0) is 32.6 Å². The van der Waals surface area contributed by atoms with Gasteiger partial charge in [0.05, 0.1) is 15.5 Å². The standard InChI is InChI=1S/C32H31BrN4O6S/c1-2-34-32(39)30(21-24-10-5-3-6-11-24)35(22-25-12-9-13-26(33)20-25)31(38)23-36(27-16-18-28(19-17-27)37(40)41)44(42,43)29-14-7-4-8-15-29/h3-20,30H,2,21-23H2,1H3,(H,34,39)/t30-/m0/s1. The highest BCUT2D eigenvalue weighted by Gasteiger charge is 2.34. The molecule has 0 unspecified atom stereocenters. The van der Waals surface area contributed by atoms with E-state index < -0.39 is 33.4 Å². The quantitative estimate of drug-likeness (QED) is 0.150. The molecule has 0 aliphatic rings. The third kappa shape index (κ3) is 8.08. The molecule has 4 aromatic carbocycles. The molecule has 4 aromatic rings. The Kier molecular flexibility index (Phi) is 10.9. The molecule has 44 heavy (non-hydrogen) atoms. The number of rotatable bonds is 13. The van der Waals surface area contributed by atoms with Crippen LogP contribution in [0.25, 0.3) is 0 Å². The van der Waals surface area contributed by atoms with Gasteiger partial charge in [0.15, 0.2) is 0 Å². The summed E-state index contributed by atoms with van der Waals surface area (Å²) in [7, 11) is -4.30. The van der Waals surface area contributed by atoms with Gasteiger partial charge in [0.25, 0.3) is 15.7 Å². The molecule has 0 aliphatic carbocycles. The molecule has 1 atom stereocenters. The lowest BCUT2D eigenvalue weighted by Crippen LogP contribution is -2.53. The van der Waals surface area contributed by atoms with Crippen molar-refractivity contribution < 1.29 is 22.9 Å². The van der Waals surface area contributed by atoms with Crippen molar-refractivity contribution in [3.8, 4) is 0 Å². The van der Waals surface area contributed by atoms with Crippen LogP contribution in [0.4, 0.5) is 11.4 Å². The number of carbonyl (C=O) groups is 2. The van der Waals surface area contributed by atoms with Crippen LogP contribution in [0.5, 0.6) is 0 Å². The maximum atomic E-state index is 14.3. The highest BCUT2D eigenvalue weighted by molar-refractivity contribution is 9.10. The summed E-state index contributed by atoms with van der Waals surface area (Å²) in [4.78, 5) is 39.9. The van der Waals surface area contributed by atoms with Gasteiger partial charge in [-0.2, -0.15) is 0 Å². The molecule has 2 amide bonds. The molecule has 0 spiro atoms. The predicted molar refractivity (Wildman–Crippen MR) is 171 cm³/mol. The number of hydrogen-bond donors (Lipinski definition) is 1. The molecule has 0 heterocycles. The number of carbonyl (C=O) groups excluding carboxylic acids is 2. The molecule has 0 aromatic heterocycles. The smallest absolute Gasteiger partial charge is 0.269 e. The van der Waals surface area contributed by atoms with E-state index in [2.05, 4.69) is 21.2 Å². The molecule has 0 saturated carbocycles. The average Bonchev–Trinajstić information content (AvgIpc) is 3.02. The fraction of sp³-hybridized carbons (Fsp3) is 0.188. The minimum absolute atomic E-state index is 0.0202. The Labute approximate surface area is 264 Å². The van der Waals surface area contributed by atoms with E-state index in [0.717, 1.165) is 19.9 Å². The van der Waals surface area contributed by atoms with Crippen LogP contribution in [0.2, 0.25) is 0 Å². The van der Waals surface area contributed by atoms with E-state index >= 15 is 0 Å². The first-order chi connectivity index (χ1) is 21.1. The van der Waals surface area contributed by atoms with Crippen LogP contribution in [-0.4, -0.2) is 49.2 Å². The summed E-state index contributed by atoms with van der Waals surface area (Å²) in [5, 5.41) is 14.1. The second-order valence-electron chi connectivity index (χ2n) is 9.85. The van der Waals surface area contributed by atoms with Crippen molar-refractivity contribution in [2.75, 3.05) is 17.4 Å². The molecular weight excluding hydrogens is 648 g/mol. The minimum atomic E-state index is -4.30. The summed E-state index contributed by atoms with van der Waals surface area (Å²) >= 11 is 3.45. The molecule has 0 aliphatic heterocycles. The van der Waals surface area contributed by atoms with Crippen LogP contribution >= 0.6 is 15.9 Å². The maximum absolute atomic E-state index is 14.3. The van der Waals surface area contributed by atoms with Crippen molar-refractivity contribution in [2.24, 2.45) is 0 Å². The summed E-state index contributed by atoms with van der Waals surface area (Å²) in [6.45, 7) is 1.47. The van der Waals surface area contributed by atoms with E-state index in [9.17, 15) is 28.1 Å². The first-order valence-electron chi connectivity index (χ1n) is 13.8. The Morgan fingerprint density at radius 3 is 2.09 bits per heavy atom. The molecule has 0 radical (unpaired) electrons. The van der Waals surface area contributed by atoms with Crippen LogP contribution in [0.3, 0.4) is 0 Å². The monoisotopic (exact) mass is 678 g/mol. The van der Waals surface area contributed by atoms with Crippen LogP contribution < -0.4 is 9.62 Å². The third-order valence-electron chi connectivity index (χ3n) is 6.82. The van der Waals surface area contributed by atoms with Gasteiger partial charge in [0.2, 0.25) is 11.8 Å². The van der Waals surface area contributed by atoms with Gasteiger partial charge in [-0.3, -0.25) is 24.0 Å². The number of nitro benzene ring substituents is 1. The summed E-state index contributed by atoms with van der Waals surface area (Å²) in [6, 6.07) is 28.1. The van der Waals surface area contributed by atoms with Gasteiger partial charge in [-0.25, -0.2) is 8.42 Å². The number of nitro groups is 1. The molecule has 0 saturated heterocycles. The Balaban J connectivity index is 1.80. The van der Waals surface area contributed by atoms with E-state index in [1.54, 1.807) is 25.1 Å². The Morgan fingerprint density at radius 2 is 1.50 bits per heavy atom. The number of nitrogens with zero attached hydrogens (tertiary/aromatic N) is 3. The van der Waals surface area contributed by atoms with E-state index in [-0.39, 0.29) is 35.1 Å². The van der Waals surface area contributed by atoms with Gasteiger partial charge in [0, 0.05) is 36.1 Å². The van der Waals surface area contributed by atoms with Crippen molar-refractivity contribution in [3.63, 3.8) is 0 Å². The zero-order chi connectivity index (χ0) is 31.7. The fourth-order valence-electron chi connectivity index (χ4n) is 4.67. The third-order valence-corrected chi connectivity index (χ3v) is 9.10. The van der Waals surface area contributed by atoms with E-state index in [0.29, 0.717) is 6.54 Å². The fourth-order valence-corrected chi connectivity index (χ4v) is 6.55. The van der Waals surface area contributed by atoms with Crippen molar-refractivity contribution in [3.05, 3.63) is 135 Å². The molecule has 228 valence electrons. The second kappa shape index (κ2) is 14.8. The Morgan fingerprint density at radius 1 is 0.886 bits per heavy atom. The number of likely N-dealkylation sites (N-methyl/N-ethyl adjacent to an activating group) is 1. The molecule has 10 nitrogen and oxygen atoms in total. The van der Waals surface area contributed by atoms with Crippen LogP contribution in [0, 0.1) is 10.1 Å². The Bertz CT molecular complexity index is 1700. The number of non-ortho nitro benzene ring substituents is 1. The number of benzene rings is 4. The van der Waals surface area contributed by atoms with Gasteiger partial charge in [-0.05, 0) is 54.4 Å². The van der Waals surface area contributed by atoms with Gasteiger partial charge < -0.3 is 10.2 Å². The highest BCUT2D eigenvalue weighted by atomic mass is 79.9. The topological polar surface area (TPSA) is 130 Å². The number of nitrogens with one attached hydrogen (secondary N) is 1. The van der Waals surface area contributed by atoms with E-state index in [1.165, 1.54) is 41.3 Å². The zero-order valence-corrected chi connectivity index (χ0v) is 26.3. The van der Waals surface area contributed by atoms with Crippen LogP contribution in [0.1, 0.15) is 18.1 Å². The van der Waals surface area contributed by atoms with Crippen LogP contribution in [0.15, 0.2) is 119 Å². The van der Waals surface area contributed by atoms with Gasteiger partial charge in [-0.15, -0.1) is 0 Å². The van der Waals surface area contributed by atoms with Crippen molar-refractivity contribution in [1.29, 1.82) is 0 Å². The van der Waals surface area contributed by atoms with Crippen molar-refractivity contribution >= 4 is 49.1 Å². The molecule has 12 heteroatoms. The number of hydrogen-bond acceptors (Lipinski definition) is 6. The number of amides is 2. The summed E-state index contributed by atoms with van der Waals surface area (Å²) in [6.07, 6.45) is 0.190. The largest absolute Gasteiger partial charge is 0.355 e. The first kappa shape index (κ1) is 32.4. The lowest BCUT2D eigenvalue weighted by atomic mass is 10.0. The summed E-state index contributed by atoms with van der Waals surface area (Å²) in [5.41, 5.74) is 1.38. The predicted octanol–water partition coefficient (Wildman–Crippen LogP) is 5.33. The summed E-state index contributed by atoms with van der Waals surface area (Å²) in [5.74, 6) is -1.01. The van der Waals surface area contributed by atoms with E-state index in [4.69, 9.17) is 0 Å². The SMILES string of the molecule is CCNC(=O)[C@H](Cc1ccccc1)N(Cc1cccc(Br)c1)C(=O)CN(c1ccc([N+](=O)[O-])cc1)S(=O)(=O)c1ccccc1. The van der Waals surface area contributed by atoms with Crippen molar-refractivity contribution in [2.45, 2.75) is 30.8 Å². The van der Waals surface area contributed by atoms with Gasteiger partial charge in [-0.1, -0.05) is 76.6 Å². The average molecular weight is 680 g/mol. The molecular formula is C32H31BrN4O6S. The minimum Gasteiger partial charge on any atom is -0.355 e. The van der Waals surface area contributed by atoms with Gasteiger partial charge >= 0.3 is 0 Å². The van der Waals surface area contributed by atoms with Crippen molar-refractivity contribution in [1.82, 2.24) is 10.2 Å². The lowest BCUT2D eigenvalue weighted by Gasteiger charge is -2.33. The highest BCUT2D eigenvalue weighted by Crippen LogP contribution is 2.27. The zero-order valence-electron chi connectivity index (χ0n) is 23.9. The molecule has 0 bridgehead atoms. The summed E-state index contributed by atoms with van der Waals surface area (Å²) < 4.78 is 29.6. The number of sulfonamides is 1. The normalized spacial score (nSPS) is 11.8. The Hall–Kier alpha value is -4.55. The van der Waals surface area contributed by atoms with E-state index in [1.807, 2.05) is 54.6 Å². The first-order valence-corrected chi connectivity index (χ1v) is 16.0. The number of anilines is 1. The second-order valence-corrected chi connectivity index (χ2v) is 12.6. The molecule has 4 rings (SSSR count). The lowest BCUT2D eigenvalue weighted by molar-refractivity contribution is -0.384.